The summed E-state index contributed by atoms with van der Waals surface area (Å²) in [4.78, 5) is 25.2. The van der Waals surface area contributed by atoms with Crippen LogP contribution in [0.15, 0.2) is 71.8 Å². The third kappa shape index (κ3) is 5.38. The molecule has 2 aromatic heterocycles. The summed E-state index contributed by atoms with van der Waals surface area (Å²) in [7, 11) is 3.28. The summed E-state index contributed by atoms with van der Waals surface area (Å²) in [5, 5.41) is 0.665. The van der Waals surface area contributed by atoms with E-state index in [1.807, 2.05) is 60.7 Å². The fourth-order valence-electron chi connectivity index (χ4n) is 3.12. The zero-order valence-electron chi connectivity index (χ0n) is 17.9. The lowest BCUT2D eigenvalue weighted by molar-refractivity contribution is -0.118. The summed E-state index contributed by atoms with van der Waals surface area (Å²) in [6, 6.07) is 19.3. The first-order valence-corrected chi connectivity index (χ1v) is 11.9. The normalized spacial score (nSPS) is 10.8. The maximum Gasteiger partial charge on any atom is 0.229 e. The van der Waals surface area contributed by atoms with Gasteiger partial charge in [-0.1, -0.05) is 17.4 Å². The van der Waals surface area contributed by atoms with E-state index in [0.717, 1.165) is 32.3 Å². The van der Waals surface area contributed by atoms with Gasteiger partial charge in [-0.15, -0.1) is 11.8 Å². The van der Waals surface area contributed by atoms with Gasteiger partial charge in [0.15, 0.2) is 5.13 Å². The van der Waals surface area contributed by atoms with Crippen molar-refractivity contribution in [1.29, 1.82) is 0 Å². The van der Waals surface area contributed by atoms with Crippen LogP contribution < -0.4 is 14.4 Å². The molecule has 0 aliphatic carbocycles. The highest BCUT2D eigenvalue weighted by Gasteiger charge is 2.21. The van der Waals surface area contributed by atoms with Crippen molar-refractivity contribution in [3.63, 3.8) is 0 Å². The van der Waals surface area contributed by atoms with Crippen molar-refractivity contribution < 1.29 is 14.3 Å². The second-order valence-electron chi connectivity index (χ2n) is 6.91. The molecule has 0 atom stereocenters. The van der Waals surface area contributed by atoms with Crippen LogP contribution in [-0.4, -0.2) is 35.8 Å². The molecule has 0 spiro atoms. The molecule has 0 radical (unpaired) electrons. The fraction of sp³-hybridized carbons (Fsp3) is 0.208. The smallest absolute Gasteiger partial charge is 0.229 e. The number of methoxy groups -OCH3 is 2. The first-order chi connectivity index (χ1) is 15.7. The average Bonchev–Trinajstić information content (AvgIpc) is 3.26. The van der Waals surface area contributed by atoms with Gasteiger partial charge in [-0.3, -0.25) is 14.7 Å². The number of carbonyl (C=O) groups excluding carboxylic acids is 1. The number of rotatable bonds is 9. The number of ether oxygens (including phenoxy) is 2. The average molecular weight is 466 g/mol. The number of carbonyl (C=O) groups is 1. The SMILES string of the molecule is COc1ccc(SCCC(=O)N(Cc2ccccn2)c2nc3cc(OC)ccc3s2)cc1. The number of thioether (sulfide) groups is 1. The van der Waals surface area contributed by atoms with Crippen molar-refractivity contribution in [2.75, 3.05) is 24.9 Å². The van der Waals surface area contributed by atoms with Gasteiger partial charge in [0.05, 0.1) is 36.7 Å². The maximum atomic E-state index is 13.2. The molecule has 0 saturated carbocycles. The lowest BCUT2D eigenvalue weighted by Gasteiger charge is -2.19. The Kier molecular flexibility index (Phi) is 7.24. The number of benzene rings is 2. The number of amides is 1. The van der Waals surface area contributed by atoms with Crippen molar-refractivity contribution in [3.8, 4) is 11.5 Å². The van der Waals surface area contributed by atoms with Crippen molar-refractivity contribution in [2.24, 2.45) is 0 Å². The number of fused-ring (bicyclic) bond motifs is 1. The van der Waals surface area contributed by atoms with Crippen LogP contribution in [0.3, 0.4) is 0 Å². The molecule has 8 heteroatoms. The van der Waals surface area contributed by atoms with E-state index in [1.54, 1.807) is 37.1 Å². The molecule has 0 aliphatic heterocycles. The Bertz CT molecular complexity index is 1180. The van der Waals surface area contributed by atoms with Crippen LogP contribution in [0.2, 0.25) is 0 Å². The molecule has 0 unspecified atom stereocenters. The molecule has 2 heterocycles. The summed E-state index contributed by atoms with van der Waals surface area (Å²) in [5.41, 5.74) is 1.64. The van der Waals surface area contributed by atoms with Gasteiger partial charge in [-0.2, -0.15) is 0 Å². The quantitative estimate of drug-likeness (QED) is 0.307. The number of anilines is 1. The Balaban J connectivity index is 1.51. The van der Waals surface area contributed by atoms with Gasteiger partial charge in [0.2, 0.25) is 5.91 Å². The fourth-order valence-corrected chi connectivity index (χ4v) is 4.92. The van der Waals surface area contributed by atoms with Crippen LogP contribution in [0.5, 0.6) is 11.5 Å². The summed E-state index contributed by atoms with van der Waals surface area (Å²) in [6.07, 6.45) is 2.13. The Morgan fingerprint density at radius 3 is 2.53 bits per heavy atom. The predicted octanol–water partition coefficient (Wildman–Crippen LogP) is 5.42. The highest BCUT2D eigenvalue weighted by molar-refractivity contribution is 7.99. The summed E-state index contributed by atoms with van der Waals surface area (Å²) < 4.78 is 11.5. The topological polar surface area (TPSA) is 64.5 Å². The van der Waals surface area contributed by atoms with Crippen molar-refractivity contribution >= 4 is 44.4 Å². The van der Waals surface area contributed by atoms with Crippen LogP contribution in [0, 0.1) is 0 Å². The molecule has 0 fully saturated rings. The number of thiazole rings is 1. The van der Waals surface area contributed by atoms with Crippen LogP contribution in [-0.2, 0) is 11.3 Å². The van der Waals surface area contributed by atoms with Crippen LogP contribution in [0.4, 0.5) is 5.13 Å². The molecule has 32 heavy (non-hydrogen) atoms. The maximum absolute atomic E-state index is 13.2. The first kappa shape index (κ1) is 22.1. The number of hydrogen-bond donors (Lipinski definition) is 0. The lowest BCUT2D eigenvalue weighted by Crippen LogP contribution is -2.30. The third-order valence-corrected chi connectivity index (χ3v) is 6.88. The number of hydrogen-bond acceptors (Lipinski definition) is 7. The number of aromatic nitrogens is 2. The van der Waals surface area contributed by atoms with Crippen LogP contribution in [0.25, 0.3) is 10.2 Å². The molecule has 0 N–H and O–H groups in total. The predicted molar refractivity (Wildman–Crippen MR) is 130 cm³/mol. The highest BCUT2D eigenvalue weighted by Crippen LogP contribution is 2.32. The largest absolute Gasteiger partial charge is 0.497 e. The summed E-state index contributed by atoms with van der Waals surface area (Å²) in [6.45, 7) is 0.379. The molecule has 4 aromatic rings. The van der Waals surface area contributed by atoms with E-state index in [1.165, 1.54) is 11.3 Å². The Hall–Kier alpha value is -3.10. The van der Waals surface area contributed by atoms with Gasteiger partial charge < -0.3 is 9.47 Å². The van der Waals surface area contributed by atoms with E-state index in [9.17, 15) is 4.79 Å². The molecule has 6 nitrogen and oxygen atoms in total. The monoisotopic (exact) mass is 465 g/mol. The second kappa shape index (κ2) is 10.5. The van der Waals surface area contributed by atoms with E-state index in [-0.39, 0.29) is 5.91 Å². The minimum atomic E-state index is 0.0164. The highest BCUT2D eigenvalue weighted by atomic mass is 32.2. The zero-order valence-corrected chi connectivity index (χ0v) is 19.5. The molecule has 0 aliphatic rings. The molecular weight excluding hydrogens is 442 g/mol. The Morgan fingerprint density at radius 2 is 1.81 bits per heavy atom. The van der Waals surface area contributed by atoms with Crippen molar-refractivity contribution in [3.05, 3.63) is 72.6 Å². The molecule has 0 bridgehead atoms. The third-order valence-electron chi connectivity index (χ3n) is 4.81. The van der Waals surface area contributed by atoms with Crippen molar-refractivity contribution in [2.45, 2.75) is 17.9 Å². The summed E-state index contributed by atoms with van der Waals surface area (Å²) in [5.74, 6) is 2.25. The zero-order chi connectivity index (χ0) is 22.3. The first-order valence-electron chi connectivity index (χ1n) is 10.1. The Morgan fingerprint density at radius 1 is 1.03 bits per heavy atom. The van der Waals surface area contributed by atoms with Gasteiger partial charge in [-0.05, 0) is 48.5 Å². The van der Waals surface area contributed by atoms with Gasteiger partial charge in [0, 0.05) is 29.3 Å². The van der Waals surface area contributed by atoms with E-state index in [0.29, 0.717) is 23.8 Å². The van der Waals surface area contributed by atoms with Crippen LogP contribution in [0.1, 0.15) is 12.1 Å². The minimum Gasteiger partial charge on any atom is -0.497 e. The molecule has 0 saturated heterocycles. The van der Waals surface area contributed by atoms with E-state index >= 15 is 0 Å². The number of nitrogens with zero attached hydrogens (tertiary/aromatic N) is 3. The molecule has 4 rings (SSSR count). The van der Waals surface area contributed by atoms with E-state index in [2.05, 4.69) is 4.98 Å². The molecule has 164 valence electrons. The minimum absolute atomic E-state index is 0.0164. The molecule has 2 aromatic carbocycles. The summed E-state index contributed by atoms with van der Waals surface area (Å²) >= 11 is 3.14. The second-order valence-corrected chi connectivity index (χ2v) is 9.08. The van der Waals surface area contributed by atoms with Crippen molar-refractivity contribution in [1.82, 2.24) is 9.97 Å². The van der Waals surface area contributed by atoms with Gasteiger partial charge in [-0.25, -0.2) is 4.98 Å². The van der Waals surface area contributed by atoms with Gasteiger partial charge >= 0.3 is 0 Å². The van der Waals surface area contributed by atoms with Crippen LogP contribution >= 0.6 is 23.1 Å². The molecular formula is C24H23N3O3S2. The Labute approximate surface area is 195 Å². The lowest BCUT2D eigenvalue weighted by atomic mass is 10.3. The van der Waals surface area contributed by atoms with E-state index < -0.39 is 0 Å². The molecule has 1 amide bonds. The van der Waals surface area contributed by atoms with E-state index in [4.69, 9.17) is 14.5 Å². The standard InChI is InChI=1S/C24H23N3O3S2/c1-29-18-6-9-20(10-7-18)31-14-12-23(28)27(16-17-5-3-4-13-25-17)24-26-21-15-19(30-2)8-11-22(21)32-24/h3-11,13,15H,12,14,16H2,1-2H3. The van der Waals surface area contributed by atoms with Gasteiger partial charge in [0.1, 0.15) is 11.5 Å². The van der Waals surface area contributed by atoms with Gasteiger partial charge in [0.25, 0.3) is 0 Å². The number of pyridine rings is 1.